The molecule has 1 atom stereocenters. The van der Waals surface area contributed by atoms with Gasteiger partial charge < -0.3 is 15.0 Å². The first-order valence-corrected chi connectivity index (χ1v) is 9.65. The zero-order valence-corrected chi connectivity index (χ0v) is 15.4. The molecule has 5 heteroatoms. The normalized spacial score (nSPS) is 21.9. The quantitative estimate of drug-likeness (QED) is 0.576. The van der Waals surface area contributed by atoms with E-state index in [0.29, 0.717) is 6.04 Å². The van der Waals surface area contributed by atoms with Gasteiger partial charge in [0.2, 0.25) is 0 Å². The molecular formula is C18H36N4O. The van der Waals surface area contributed by atoms with Gasteiger partial charge in [-0.1, -0.05) is 26.7 Å². The molecule has 0 radical (unpaired) electrons. The van der Waals surface area contributed by atoms with Crippen LogP contribution < -0.4 is 5.32 Å². The van der Waals surface area contributed by atoms with Gasteiger partial charge in [0, 0.05) is 38.8 Å². The van der Waals surface area contributed by atoms with E-state index < -0.39 is 0 Å². The monoisotopic (exact) mass is 324 g/mol. The van der Waals surface area contributed by atoms with Gasteiger partial charge >= 0.3 is 0 Å². The molecule has 0 amide bonds. The van der Waals surface area contributed by atoms with Crippen LogP contribution in [0.25, 0.3) is 0 Å². The first-order chi connectivity index (χ1) is 11.3. The van der Waals surface area contributed by atoms with E-state index >= 15 is 0 Å². The Kier molecular flexibility index (Phi) is 8.17. The van der Waals surface area contributed by atoms with E-state index in [1.54, 1.807) is 0 Å². The largest absolute Gasteiger partial charge is 0.379 e. The van der Waals surface area contributed by atoms with Gasteiger partial charge in [-0.25, -0.2) is 0 Å². The third-order valence-electron chi connectivity index (χ3n) is 5.28. The highest BCUT2D eigenvalue weighted by Gasteiger charge is 2.27. The van der Waals surface area contributed by atoms with E-state index in [1.807, 2.05) is 0 Å². The lowest BCUT2D eigenvalue weighted by molar-refractivity contribution is 0.00391. The first kappa shape index (κ1) is 18.5. The molecule has 0 aliphatic carbocycles. The Morgan fingerprint density at radius 2 is 1.70 bits per heavy atom. The highest BCUT2D eigenvalue weighted by atomic mass is 16.5. The van der Waals surface area contributed by atoms with Crippen LogP contribution in [-0.2, 0) is 4.74 Å². The van der Waals surface area contributed by atoms with Crippen LogP contribution in [0.5, 0.6) is 0 Å². The van der Waals surface area contributed by atoms with Crippen LogP contribution in [0.1, 0.15) is 46.5 Å². The lowest BCUT2D eigenvalue weighted by atomic mass is 9.92. The predicted octanol–water partition coefficient (Wildman–Crippen LogP) is 2.18. The summed E-state index contributed by atoms with van der Waals surface area (Å²) in [5.41, 5.74) is 0. The van der Waals surface area contributed by atoms with Gasteiger partial charge in [0.05, 0.1) is 19.8 Å². The van der Waals surface area contributed by atoms with E-state index in [-0.39, 0.29) is 0 Å². The van der Waals surface area contributed by atoms with Crippen molar-refractivity contribution in [3.05, 3.63) is 0 Å². The number of hydrogen-bond acceptors (Lipinski definition) is 3. The first-order valence-electron chi connectivity index (χ1n) is 9.65. The number of ether oxygens (including phenoxy) is 1. The molecule has 2 aliphatic heterocycles. The van der Waals surface area contributed by atoms with Crippen LogP contribution in [0, 0.1) is 5.92 Å². The van der Waals surface area contributed by atoms with Crippen molar-refractivity contribution in [3.63, 3.8) is 0 Å². The Bertz CT molecular complexity index is 345. The van der Waals surface area contributed by atoms with Crippen molar-refractivity contribution in [2.24, 2.45) is 10.9 Å². The zero-order valence-electron chi connectivity index (χ0n) is 15.4. The fourth-order valence-electron chi connectivity index (χ4n) is 3.84. The molecule has 2 aliphatic rings. The molecule has 23 heavy (non-hydrogen) atoms. The topological polar surface area (TPSA) is 40.1 Å². The number of guanidine groups is 1. The van der Waals surface area contributed by atoms with Gasteiger partial charge in [-0.15, -0.1) is 0 Å². The summed E-state index contributed by atoms with van der Waals surface area (Å²) in [6.07, 6.45) is 5.05. The Morgan fingerprint density at radius 3 is 2.26 bits per heavy atom. The van der Waals surface area contributed by atoms with Crippen molar-refractivity contribution >= 4 is 5.96 Å². The molecule has 1 unspecified atom stereocenters. The average Bonchev–Trinajstić information content (AvgIpc) is 3.12. The second-order valence-corrected chi connectivity index (χ2v) is 6.68. The van der Waals surface area contributed by atoms with Gasteiger partial charge in [0.25, 0.3) is 0 Å². The molecule has 0 aromatic rings. The number of rotatable bonds is 7. The summed E-state index contributed by atoms with van der Waals surface area (Å²) >= 11 is 0. The lowest BCUT2D eigenvalue weighted by Gasteiger charge is -2.38. The maximum Gasteiger partial charge on any atom is 0.193 e. The number of hydrogen-bond donors (Lipinski definition) is 1. The van der Waals surface area contributed by atoms with E-state index in [2.05, 4.69) is 35.9 Å². The Morgan fingerprint density at radius 1 is 1.04 bits per heavy atom. The number of nitrogens with zero attached hydrogens (tertiary/aromatic N) is 3. The van der Waals surface area contributed by atoms with Crippen LogP contribution >= 0.6 is 0 Å². The molecule has 5 nitrogen and oxygen atoms in total. The minimum atomic E-state index is 0.546. The van der Waals surface area contributed by atoms with Crippen molar-refractivity contribution in [2.75, 3.05) is 52.5 Å². The molecule has 0 spiro atoms. The lowest BCUT2D eigenvalue weighted by Crippen LogP contribution is -2.49. The highest BCUT2D eigenvalue weighted by Crippen LogP contribution is 2.20. The fourth-order valence-corrected chi connectivity index (χ4v) is 3.84. The maximum atomic E-state index is 5.54. The van der Waals surface area contributed by atoms with Gasteiger partial charge in [-0.05, 0) is 25.7 Å². The average molecular weight is 325 g/mol. The fraction of sp³-hybridized carbons (Fsp3) is 0.944. The van der Waals surface area contributed by atoms with Crippen molar-refractivity contribution in [2.45, 2.75) is 52.5 Å². The summed E-state index contributed by atoms with van der Waals surface area (Å²) in [4.78, 5) is 10.1. The zero-order chi connectivity index (χ0) is 16.5. The summed E-state index contributed by atoms with van der Waals surface area (Å²) in [5, 5.41) is 3.49. The minimum absolute atomic E-state index is 0.546. The molecule has 134 valence electrons. The number of aliphatic imine (C=N–C) groups is 1. The summed E-state index contributed by atoms with van der Waals surface area (Å²) in [6.45, 7) is 14.8. The predicted molar refractivity (Wildman–Crippen MR) is 97.0 cm³/mol. The molecule has 0 bridgehead atoms. The molecule has 1 N–H and O–H groups in total. The maximum absolute atomic E-state index is 5.54. The molecule has 0 aromatic heterocycles. The SMILES string of the molecule is CCNC(=NCC(C(CC)CC)N1CCOCC1)N1CCCC1. The van der Waals surface area contributed by atoms with Crippen molar-refractivity contribution < 1.29 is 4.74 Å². The van der Waals surface area contributed by atoms with Crippen LogP contribution in [0.4, 0.5) is 0 Å². The van der Waals surface area contributed by atoms with E-state index in [4.69, 9.17) is 9.73 Å². The molecule has 2 fully saturated rings. The van der Waals surface area contributed by atoms with Crippen LogP contribution in [-0.4, -0.2) is 74.3 Å². The minimum Gasteiger partial charge on any atom is -0.379 e. The summed E-state index contributed by atoms with van der Waals surface area (Å²) in [7, 11) is 0. The van der Waals surface area contributed by atoms with Crippen LogP contribution in [0.15, 0.2) is 4.99 Å². The van der Waals surface area contributed by atoms with Crippen molar-refractivity contribution in [1.82, 2.24) is 15.1 Å². The molecule has 0 aromatic carbocycles. The number of likely N-dealkylation sites (tertiary alicyclic amines) is 1. The molecule has 2 saturated heterocycles. The van der Waals surface area contributed by atoms with Gasteiger partial charge in [-0.2, -0.15) is 0 Å². The van der Waals surface area contributed by atoms with Gasteiger partial charge in [0.1, 0.15) is 0 Å². The molecular weight excluding hydrogens is 288 g/mol. The second-order valence-electron chi connectivity index (χ2n) is 6.68. The summed E-state index contributed by atoms with van der Waals surface area (Å²) in [6, 6.07) is 0.546. The van der Waals surface area contributed by atoms with Crippen molar-refractivity contribution in [3.8, 4) is 0 Å². The van der Waals surface area contributed by atoms with Crippen molar-refractivity contribution in [1.29, 1.82) is 0 Å². The molecule has 2 rings (SSSR count). The van der Waals surface area contributed by atoms with Gasteiger partial charge in [0.15, 0.2) is 5.96 Å². The third kappa shape index (κ3) is 5.35. The Hall–Kier alpha value is -0.810. The van der Waals surface area contributed by atoms with Gasteiger partial charge in [-0.3, -0.25) is 9.89 Å². The Labute approximate surface area is 142 Å². The standard InChI is InChI=1S/C18H36N4O/c1-4-16(5-2)17(21-11-13-23-14-12-21)15-20-18(19-6-3)22-9-7-8-10-22/h16-17H,4-15H2,1-3H3,(H,19,20). The summed E-state index contributed by atoms with van der Waals surface area (Å²) in [5.74, 6) is 1.84. The number of morpholine rings is 1. The van der Waals surface area contributed by atoms with E-state index in [0.717, 1.165) is 64.4 Å². The molecule has 0 saturated carbocycles. The van der Waals surface area contributed by atoms with E-state index in [9.17, 15) is 0 Å². The highest BCUT2D eigenvalue weighted by molar-refractivity contribution is 5.80. The Balaban J connectivity index is 2.05. The smallest absolute Gasteiger partial charge is 0.193 e. The summed E-state index contributed by atoms with van der Waals surface area (Å²) < 4.78 is 5.54. The van der Waals surface area contributed by atoms with Crippen LogP contribution in [0.3, 0.4) is 0 Å². The van der Waals surface area contributed by atoms with Crippen LogP contribution in [0.2, 0.25) is 0 Å². The molecule has 2 heterocycles. The van der Waals surface area contributed by atoms with E-state index in [1.165, 1.54) is 25.7 Å². The number of nitrogens with one attached hydrogen (secondary N) is 1. The second kappa shape index (κ2) is 10.1. The third-order valence-corrected chi connectivity index (χ3v) is 5.28.